The lowest BCUT2D eigenvalue weighted by atomic mass is 10.1. The zero-order valence-corrected chi connectivity index (χ0v) is 9.57. The third-order valence-electron chi connectivity index (χ3n) is 1.98. The zero-order valence-electron chi connectivity index (χ0n) is 8.82. The number of hydrogen-bond acceptors (Lipinski definition) is 2. The first-order valence-electron chi connectivity index (χ1n) is 4.50. The Morgan fingerprint density at radius 2 is 1.89 bits per heavy atom. The van der Waals surface area contributed by atoms with E-state index in [2.05, 4.69) is 4.74 Å². The highest BCUT2D eigenvalue weighted by molar-refractivity contribution is 6.35. The summed E-state index contributed by atoms with van der Waals surface area (Å²) < 4.78 is 65.5. The lowest BCUT2D eigenvalue weighted by Gasteiger charge is -2.15. The molecule has 0 amide bonds. The minimum atomic E-state index is -4.79. The van der Waals surface area contributed by atoms with E-state index >= 15 is 0 Å². The maximum atomic E-state index is 12.5. The Morgan fingerprint density at radius 3 is 2.28 bits per heavy atom. The summed E-state index contributed by atoms with van der Waals surface area (Å²) in [6, 6.07) is 1.12. The number of ketones is 1. The fourth-order valence-electron chi connectivity index (χ4n) is 1.30. The SMILES string of the molecule is CC(=O)c1c(OC(F)F)ccc(C(F)(F)F)c1Cl. The summed E-state index contributed by atoms with van der Waals surface area (Å²) in [5, 5.41) is -0.951. The van der Waals surface area contributed by atoms with Gasteiger partial charge in [-0.3, -0.25) is 4.79 Å². The molecule has 100 valence electrons. The fraction of sp³-hybridized carbons (Fsp3) is 0.300. The minimum absolute atomic E-state index is 0.479. The Labute approximate surface area is 103 Å². The van der Waals surface area contributed by atoms with E-state index in [-0.39, 0.29) is 0 Å². The van der Waals surface area contributed by atoms with Crippen LogP contribution in [0.3, 0.4) is 0 Å². The molecule has 1 rings (SSSR count). The van der Waals surface area contributed by atoms with Gasteiger partial charge in [0.2, 0.25) is 0 Å². The predicted molar refractivity (Wildman–Crippen MR) is 53.1 cm³/mol. The first kappa shape index (κ1) is 14.7. The van der Waals surface area contributed by atoms with E-state index in [1.165, 1.54) is 0 Å². The van der Waals surface area contributed by atoms with Crippen molar-refractivity contribution in [3.63, 3.8) is 0 Å². The normalized spacial score (nSPS) is 11.8. The molecule has 0 aliphatic heterocycles. The molecule has 0 aliphatic rings. The maximum absolute atomic E-state index is 12.5. The third-order valence-corrected chi connectivity index (χ3v) is 2.37. The van der Waals surface area contributed by atoms with Crippen molar-refractivity contribution in [2.45, 2.75) is 19.7 Å². The van der Waals surface area contributed by atoms with Crippen molar-refractivity contribution in [1.29, 1.82) is 0 Å². The lowest BCUT2D eigenvalue weighted by Crippen LogP contribution is -2.12. The molecule has 0 fully saturated rings. The van der Waals surface area contributed by atoms with E-state index in [1.807, 2.05) is 0 Å². The van der Waals surface area contributed by atoms with Crippen LogP contribution in [-0.2, 0) is 6.18 Å². The van der Waals surface area contributed by atoms with Crippen molar-refractivity contribution >= 4 is 17.4 Å². The molecule has 0 aliphatic carbocycles. The average molecular weight is 289 g/mol. The Morgan fingerprint density at radius 1 is 1.33 bits per heavy atom. The van der Waals surface area contributed by atoms with Crippen LogP contribution in [0.1, 0.15) is 22.8 Å². The predicted octanol–water partition coefficient (Wildman–Crippen LogP) is 4.16. The van der Waals surface area contributed by atoms with Crippen LogP contribution in [0.25, 0.3) is 0 Å². The summed E-state index contributed by atoms with van der Waals surface area (Å²) in [6.07, 6.45) is -4.79. The number of rotatable bonds is 3. The molecular weight excluding hydrogens is 283 g/mol. The first-order valence-corrected chi connectivity index (χ1v) is 4.87. The van der Waals surface area contributed by atoms with Crippen LogP contribution in [0.5, 0.6) is 5.75 Å². The van der Waals surface area contributed by atoms with Gasteiger partial charge in [-0.2, -0.15) is 22.0 Å². The van der Waals surface area contributed by atoms with Crippen molar-refractivity contribution < 1.29 is 31.5 Å². The summed E-state index contributed by atoms with van der Waals surface area (Å²) in [6.45, 7) is -2.37. The molecule has 0 aromatic heterocycles. The molecule has 0 N–H and O–H groups in total. The molecule has 0 atom stereocenters. The molecule has 0 unspecified atom stereocenters. The quantitative estimate of drug-likeness (QED) is 0.616. The van der Waals surface area contributed by atoms with Gasteiger partial charge < -0.3 is 4.74 Å². The fourth-order valence-corrected chi connectivity index (χ4v) is 1.70. The Bertz CT molecular complexity index is 470. The molecule has 0 saturated carbocycles. The number of halogens is 6. The van der Waals surface area contributed by atoms with E-state index in [1.54, 1.807) is 0 Å². The highest BCUT2D eigenvalue weighted by Crippen LogP contribution is 2.40. The van der Waals surface area contributed by atoms with Gasteiger partial charge in [0.1, 0.15) is 5.75 Å². The van der Waals surface area contributed by atoms with E-state index in [9.17, 15) is 26.7 Å². The molecule has 0 bridgehead atoms. The van der Waals surface area contributed by atoms with Crippen molar-refractivity contribution in [2.75, 3.05) is 0 Å². The lowest BCUT2D eigenvalue weighted by molar-refractivity contribution is -0.137. The van der Waals surface area contributed by atoms with Gasteiger partial charge in [-0.15, -0.1) is 0 Å². The van der Waals surface area contributed by atoms with E-state index in [0.29, 0.717) is 12.1 Å². The number of ether oxygens (including phenoxy) is 1. The van der Waals surface area contributed by atoms with Gasteiger partial charge in [0, 0.05) is 0 Å². The number of hydrogen-bond donors (Lipinski definition) is 0. The monoisotopic (exact) mass is 288 g/mol. The average Bonchev–Trinajstić information content (AvgIpc) is 2.13. The van der Waals surface area contributed by atoms with Crippen molar-refractivity contribution in [3.8, 4) is 5.75 Å². The molecule has 0 radical (unpaired) electrons. The van der Waals surface area contributed by atoms with Crippen LogP contribution in [0.15, 0.2) is 12.1 Å². The van der Waals surface area contributed by atoms with Crippen LogP contribution in [0.2, 0.25) is 5.02 Å². The summed E-state index contributed by atoms with van der Waals surface area (Å²) in [5.74, 6) is -1.59. The Hall–Kier alpha value is -1.37. The maximum Gasteiger partial charge on any atom is 0.417 e. The number of carbonyl (C=O) groups is 1. The highest BCUT2D eigenvalue weighted by atomic mass is 35.5. The van der Waals surface area contributed by atoms with Crippen LogP contribution in [0.4, 0.5) is 22.0 Å². The molecule has 2 nitrogen and oxygen atoms in total. The van der Waals surface area contributed by atoms with Gasteiger partial charge >= 0.3 is 12.8 Å². The third kappa shape index (κ3) is 3.10. The van der Waals surface area contributed by atoms with Crippen molar-refractivity contribution in [2.24, 2.45) is 0 Å². The smallest absolute Gasteiger partial charge is 0.417 e. The topological polar surface area (TPSA) is 26.3 Å². The highest BCUT2D eigenvalue weighted by Gasteiger charge is 2.35. The van der Waals surface area contributed by atoms with Gasteiger partial charge in [-0.05, 0) is 19.1 Å². The number of alkyl halides is 5. The number of carbonyl (C=O) groups excluding carboxylic acids is 1. The molecule has 8 heteroatoms. The summed E-state index contributed by atoms with van der Waals surface area (Å²) >= 11 is 5.41. The molecule has 1 aromatic rings. The van der Waals surface area contributed by atoms with Gasteiger partial charge in [-0.25, -0.2) is 0 Å². The Kier molecular flexibility index (Phi) is 4.16. The standard InChI is InChI=1S/C10H6ClF5O2/c1-4(17)7-6(18-9(12)13)3-2-5(8(7)11)10(14,15)16/h2-3,9H,1H3. The Balaban J connectivity index is 3.43. The summed E-state index contributed by atoms with van der Waals surface area (Å²) in [4.78, 5) is 11.2. The molecule has 18 heavy (non-hydrogen) atoms. The first-order chi connectivity index (χ1) is 8.14. The second-order valence-electron chi connectivity index (χ2n) is 3.23. The van der Waals surface area contributed by atoms with Gasteiger partial charge in [0.05, 0.1) is 16.1 Å². The van der Waals surface area contributed by atoms with Crippen LogP contribution in [0, 0.1) is 0 Å². The van der Waals surface area contributed by atoms with Crippen LogP contribution in [-0.4, -0.2) is 12.4 Å². The minimum Gasteiger partial charge on any atom is -0.434 e. The molecule has 1 aromatic carbocycles. The van der Waals surface area contributed by atoms with Gasteiger partial charge in [-0.1, -0.05) is 11.6 Å². The number of benzene rings is 1. The van der Waals surface area contributed by atoms with Crippen molar-refractivity contribution in [3.05, 3.63) is 28.3 Å². The molecule has 0 heterocycles. The van der Waals surface area contributed by atoms with Gasteiger partial charge in [0.25, 0.3) is 0 Å². The van der Waals surface area contributed by atoms with Crippen LogP contribution >= 0.6 is 11.6 Å². The largest absolute Gasteiger partial charge is 0.434 e. The zero-order chi connectivity index (χ0) is 14.1. The molecule has 0 spiro atoms. The number of Topliss-reactive ketones (excluding diaryl/α,β-unsaturated/α-hetero) is 1. The van der Waals surface area contributed by atoms with E-state index < -0.39 is 40.5 Å². The second-order valence-corrected chi connectivity index (χ2v) is 3.61. The van der Waals surface area contributed by atoms with Crippen LogP contribution < -0.4 is 4.74 Å². The summed E-state index contributed by atoms with van der Waals surface area (Å²) in [5.41, 5.74) is -2.00. The van der Waals surface area contributed by atoms with Gasteiger partial charge in [0.15, 0.2) is 5.78 Å². The van der Waals surface area contributed by atoms with E-state index in [4.69, 9.17) is 11.6 Å². The molecular formula is C10H6ClF5O2. The van der Waals surface area contributed by atoms with E-state index in [0.717, 1.165) is 6.92 Å². The van der Waals surface area contributed by atoms with Crippen molar-refractivity contribution in [1.82, 2.24) is 0 Å². The molecule has 0 saturated heterocycles. The summed E-state index contributed by atoms with van der Waals surface area (Å²) in [7, 11) is 0. The second kappa shape index (κ2) is 5.09.